The van der Waals surface area contributed by atoms with Crippen molar-refractivity contribution in [3.63, 3.8) is 0 Å². The van der Waals surface area contributed by atoms with E-state index in [1.807, 2.05) is 5.01 Å². The van der Waals surface area contributed by atoms with Gasteiger partial charge in [-0.05, 0) is 19.9 Å². The number of morpholine rings is 1. The molecule has 0 aromatic heterocycles. The van der Waals surface area contributed by atoms with Gasteiger partial charge in [-0.15, -0.1) is 0 Å². The highest BCUT2D eigenvalue weighted by atomic mass is 16.5. The molecule has 0 aromatic rings. The molecule has 0 aliphatic carbocycles. The van der Waals surface area contributed by atoms with E-state index in [9.17, 15) is 4.79 Å². The highest BCUT2D eigenvalue weighted by molar-refractivity contribution is 5.76. The lowest BCUT2D eigenvalue weighted by molar-refractivity contribution is -0.155. The molecule has 0 aromatic carbocycles. The third-order valence-corrected chi connectivity index (χ3v) is 5.62. The number of hydrogen-bond acceptors (Lipinski definition) is 8. The molecule has 1 unspecified atom stereocenters. The monoisotopic (exact) mass is 355 g/mol. The molecule has 0 bridgehead atoms. The number of likely N-dealkylation sites (N-methyl/N-ethyl adjacent to an activating group) is 1. The fourth-order valence-corrected chi connectivity index (χ4v) is 3.99. The minimum absolute atomic E-state index is 0.0741. The maximum absolute atomic E-state index is 12.7. The van der Waals surface area contributed by atoms with Crippen molar-refractivity contribution >= 4 is 5.97 Å². The molecule has 1 atom stereocenters. The van der Waals surface area contributed by atoms with Crippen LogP contribution in [0.1, 0.15) is 12.8 Å². The molecule has 8 heteroatoms. The fraction of sp³-hybridized carbons (Fsp3) is 0.941. The summed E-state index contributed by atoms with van der Waals surface area (Å²) in [6.45, 7) is 9.13. The van der Waals surface area contributed by atoms with Gasteiger partial charge in [0.2, 0.25) is 0 Å². The number of hydrazine groups is 1. The van der Waals surface area contributed by atoms with Gasteiger partial charge in [0.1, 0.15) is 12.6 Å². The second-order valence-corrected chi connectivity index (χ2v) is 7.40. The summed E-state index contributed by atoms with van der Waals surface area (Å²) in [4.78, 5) is 19.6. The average molecular weight is 355 g/mol. The first kappa shape index (κ1) is 19.0. The zero-order chi connectivity index (χ0) is 17.6. The van der Waals surface area contributed by atoms with Crippen molar-refractivity contribution in [1.82, 2.24) is 19.7 Å². The Balaban J connectivity index is 1.49. The molecule has 3 saturated heterocycles. The van der Waals surface area contributed by atoms with Crippen molar-refractivity contribution in [3.05, 3.63) is 0 Å². The summed E-state index contributed by atoms with van der Waals surface area (Å²) in [5, 5.41) is 1.88. The second-order valence-electron chi connectivity index (χ2n) is 7.40. The number of piperidine rings is 1. The van der Waals surface area contributed by atoms with Crippen LogP contribution in [-0.2, 0) is 14.3 Å². The molecule has 0 spiro atoms. The van der Waals surface area contributed by atoms with E-state index in [1.54, 1.807) is 0 Å². The third kappa shape index (κ3) is 5.35. The number of rotatable bonds is 5. The predicted molar refractivity (Wildman–Crippen MR) is 95.0 cm³/mol. The van der Waals surface area contributed by atoms with E-state index in [-0.39, 0.29) is 12.0 Å². The van der Waals surface area contributed by atoms with Gasteiger partial charge in [-0.25, -0.2) is 5.01 Å². The summed E-state index contributed by atoms with van der Waals surface area (Å²) in [7, 11) is 2.08. The van der Waals surface area contributed by atoms with E-state index in [0.717, 1.165) is 78.4 Å². The van der Waals surface area contributed by atoms with Crippen LogP contribution in [0.25, 0.3) is 0 Å². The Morgan fingerprint density at radius 1 is 1.12 bits per heavy atom. The lowest BCUT2D eigenvalue weighted by Gasteiger charge is -2.45. The highest BCUT2D eigenvalue weighted by Gasteiger charge is 2.37. The van der Waals surface area contributed by atoms with Gasteiger partial charge < -0.3 is 14.4 Å². The van der Waals surface area contributed by atoms with E-state index < -0.39 is 0 Å². The van der Waals surface area contributed by atoms with Crippen molar-refractivity contribution < 1.29 is 14.3 Å². The van der Waals surface area contributed by atoms with Gasteiger partial charge in [0.15, 0.2) is 0 Å². The molecule has 0 saturated carbocycles. The molecular weight excluding hydrogens is 322 g/mol. The van der Waals surface area contributed by atoms with Crippen LogP contribution in [0.2, 0.25) is 0 Å². The molecule has 3 fully saturated rings. The van der Waals surface area contributed by atoms with Crippen molar-refractivity contribution in [3.8, 4) is 0 Å². The molecule has 3 heterocycles. The van der Waals surface area contributed by atoms with E-state index in [4.69, 9.17) is 15.3 Å². The molecule has 3 rings (SSSR count). The zero-order valence-electron chi connectivity index (χ0n) is 15.4. The first-order valence-corrected chi connectivity index (χ1v) is 9.54. The fourth-order valence-electron chi connectivity index (χ4n) is 3.99. The van der Waals surface area contributed by atoms with Gasteiger partial charge in [0, 0.05) is 58.4 Å². The number of carbonyl (C=O) groups excluding carboxylic acids is 1. The number of hydrogen-bond donors (Lipinski definition) is 1. The SMILES string of the molecule is CN1CCN(C2CCN(N)CC2)C(C(=O)OCCN2CCOCC2)C1. The standard InChI is InChI=1S/C17H33N5O3/c1-19-6-7-22(15-2-4-21(18)5-3-15)16(14-19)17(23)25-13-10-20-8-11-24-12-9-20/h15-16H,2-14,18H2,1H3. The molecule has 3 aliphatic heterocycles. The Morgan fingerprint density at radius 3 is 2.56 bits per heavy atom. The Labute approximate surface area is 150 Å². The van der Waals surface area contributed by atoms with Crippen molar-refractivity contribution in [2.24, 2.45) is 5.84 Å². The molecule has 0 radical (unpaired) electrons. The summed E-state index contributed by atoms with van der Waals surface area (Å²) in [6, 6.07) is 0.281. The van der Waals surface area contributed by atoms with E-state index in [0.29, 0.717) is 12.6 Å². The van der Waals surface area contributed by atoms with E-state index >= 15 is 0 Å². The lowest BCUT2D eigenvalue weighted by Crippen LogP contribution is -2.61. The Morgan fingerprint density at radius 2 is 1.84 bits per heavy atom. The number of nitrogens with zero attached hydrogens (tertiary/aromatic N) is 4. The summed E-state index contributed by atoms with van der Waals surface area (Å²) >= 11 is 0. The first-order valence-electron chi connectivity index (χ1n) is 9.54. The molecule has 8 nitrogen and oxygen atoms in total. The summed E-state index contributed by atoms with van der Waals surface area (Å²) in [5.74, 6) is 5.81. The quantitative estimate of drug-likeness (QED) is 0.488. The van der Waals surface area contributed by atoms with Crippen molar-refractivity contribution in [2.45, 2.75) is 24.9 Å². The van der Waals surface area contributed by atoms with Gasteiger partial charge >= 0.3 is 5.97 Å². The minimum Gasteiger partial charge on any atom is -0.463 e. The van der Waals surface area contributed by atoms with E-state index in [1.165, 1.54) is 0 Å². The van der Waals surface area contributed by atoms with Gasteiger partial charge in [-0.3, -0.25) is 20.4 Å². The van der Waals surface area contributed by atoms with Gasteiger partial charge in [0.25, 0.3) is 0 Å². The number of ether oxygens (including phenoxy) is 2. The van der Waals surface area contributed by atoms with Gasteiger partial charge in [-0.2, -0.15) is 0 Å². The molecule has 144 valence electrons. The maximum atomic E-state index is 12.7. The van der Waals surface area contributed by atoms with Crippen LogP contribution in [0.3, 0.4) is 0 Å². The van der Waals surface area contributed by atoms with Crippen LogP contribution < -0.4 is 5.84 Å². The number of esters is 1. The average Bonchev–Trinajstić information content (AvgIpc) is 2.63. The second kappa shape index (κ2) is 9.25. The summed E-state index contributed by atoms with van der Waals surface area (Å²) in [5.41, 5.74) is 0. The van der Waals surface area contributed by atoms with Gasteiger partial charge in [0.05, 0.1) is 13.2 Å². The van der Waals surface area contributed by atoms with Crippen LogP contribution in [0.5, 0.6) is 0 Å². The zero-order valence-corrected chi connectivity index (χ0v) is 15.4. The number of carbonyl (C=O) groups is 1. The first-order chi connectivity index (χ1) is 12.1. The molecule has 2 N–H and O–H groups in total. The molecule has 0 amide bonds. The Kier molecular flexibility index (Phi) is 7.03. The summed E-state index contributed by atoms with van der Waals surface area (Å²) < 4.78 is 11.0. The Hall–Kier alpha value is -0.770. The topological polar surface area (TPSA) is 74.5 Å². The van der Waals surface area contributed by atoms with Crippen LogP contribution >= 0.6 is 0 Å². The molecule has 3 aliphatic rings. The normalized spacial score (nSPS) is 29.0. The largest absolute Gasteiger partial charge is 0.463 e. The lowest BCUT2D eigenvalue weighted by atomic mass is 10.00. The van der Waals surface area contributed by atoms with Crippen LogP contribution in [-0.4, -0.2) is 117 Å². The van der Waals surface area contributed by atoms with Crippen molar-refractivity contribution in [1.29, 1.82) is 0 Å². The van der Waals surface area contributed by atoms with Crippen LogP contribution in [0, 0.1) is 0 Å². The smallest absolute Gasteiger partial charge is 0.324 e. The molecular formula is C17H33N5O3. The van der Waals surface area contributed by atoms with E-state index in [2.05, 4.69) is 21.7 Å². The molecule has 25 heavy (non-hydrogen) atoms. The van der Waals surface area contributed by atoms with Crippen molar-refractivity contribution in [2.75, 3.05) is 79.2 Å². The predicted octanol–water partition coefficient (Wildman–Crippen LogP) is -1.18. The number of piperazine rings is 1. The minimum atomic E-state index is -0.155. The van der Waals surface area contributed by atoms with Crippen LogP contribution in [0.15, 0.2) is 0 Å². The van der Waals surface area contributed by atoms with Crippen LogP contribution in [0.4, 0.5) is 0 Å². The third-order valence-electron chi connectivity index (χ3n) is 5.62. The summed E-state index contributed by atoms with van der Waals surface area (Å²) in [6.07, 6.45) is 2.05. The Bertz CT molecular complexity index is 425. The number of nitrogens with two attached hydrogens (primary N) is 1. The highest BCUT2D eigenvalue weighted by Crippen LogP contribution is 2.21. The van der Waals surface area contributed by atoms with Gasteiger partial charge in [-0.1, -0.05) is 0 Å². The maximum Gasteiger partial charge on any atom is 0.324 e.